The average molecular weight is 238 g/mol. The number of rotatable bonds is 3. The third kappa shape index (κ3) is 2.28. The molecule has 0 spiro atoms. The number of likely N-dealkylation sites (N-methyl/N-ethyl adjacent to an activating group) is 1. The zero-order valence-electron chi connectivity index (χ0n) is 10.4. The van der Waals surface area contributed by atoms with Crippen molar-refractivity contribution in [3.63, 3.8) is 0 Å². The number of halogens is 1. The van der Waals surface area contributed by atoms with Gasteiger partial charge < -0.3 is 10.0 Å². The van der Waals surface area contributed by atoms with E-state index in [0.29, 0.717) is 0 Å². The Hall–Kier alpha value is -1.13. The van der Waals surface area contributed by atoms with Crippen molar-refractivity contribution < 1.29 is 9.50 Å². The van der Waals surface area contributed by atoms with Crippen LogP contribution < -0.4 is 4.90 Å². The van der Waals surface area contributed by atoms with Crippen LogP contribution in [-0.2, 0) is 0 Å². The molecule has 1 aromatic carbocycles. The number of aliphatic hydroxyl groups excluding tert-OH is 1. The molecular weight excluding hydrogens is 219 g/mol. The zero-order chi connectivity index (χ0) is 12.5. The van der Waals surface area contributed by atoms with Gasteiger partial charge >= 0.3 is 0 Å². The minimum Gasteiger partial charge on any atom is -0.394 e. The first kappa shape index (κ1) is 12.3. The van der Waals surface area contributed by atoms with Crippen LogP contribution in [0.4, 0.5) is 10.1 Å². The third-order valence-corrected chi connectivity index (χ3v) is 3.75. The van der Waals surface area contributed by atoms with Crippen LogP contribution >= 0.6 is 0 Å². The first-order valence-corrected chi connectivity index (χ1v) is 5.86. The standard InChI is InChI=1S/C13H19FN2O/c1-15(2)13(10-17)6-7-16(9-13)12-5-3-4-11(14)8-12/h3-5,8,17H,6-7,9-10H2,1-2H3. The summed E-state index contributed by atoms with van der Waals surface area (Å²) in [7, 11) is 3.95. The maximum Gasteiger partial charge on any atom is 0.125 e. The molecule has 0 bridgehead atoms. The number of anilines is 1. The Bertz CT molecular complexity index is 397. The molecule has 17 heavy (non-hydrogen) atoms. The van der Waals surface area contributed by atoms with Crippen LogP contribution in [0.1, 0.15) is 6.42 Å². The van der Waals surface area contributed by atoms with E-state index in [2.05, 4.69) is 9.80 Å². The highest BCUT2D eigenvalue weighted by molar-refractivity contribution is 5.48. The van der Waals surface area contributed by atoms with Crippen LogP contribution in [0.15, 0.2) is 24.3 Å². The second-order valence-corrected chi connectivity index (χ2v) is 4.93. The van der Waals surface area contributed by atoms with Crippen molar-refractivity contribution in [2.45, 2.75) is 12.0 Å². The lowest BCUT2D eigenvalue weighted by Gasteiger charge is -2.34. The van der Waals surface area contributed by atoms with E-state index in [1.165, 1.54) is 6.07 Å². The molecule has 94 valence electrons. The largest absolute Gasteiger partial charge is 0.394 e. The Kier molecular flexibility index (Phi) is 3.35. The molecular formula is C13H19FN2O. The predicted molar refractivity (Wildman–Crippen MR) is 66.7 cm³/mol. The summed E-state index contributed by atoms with van der Waals surface area (Å²) >= 11 is 0. The molecule has 3 nitrogen and oxygen atoms in total. The minimum atomic E-state index is -0.214. The molecule has 0 saturated carbocycles. The molecule has 0 aliphatic carbocycles. The summed E-state index contributed by atoms with van der Waals surface area (Å²) in [5.74, 6) is -0.214. The van der Waals surface area contributed by atoms with E-state index in [-0.39, 0.29) is 18.0 Å². The summed E-state index contributed by atoms with van der Waals surface area (Å²) in [6.45, 7) is 1.72. The quantitative estimate of drug-likeness (QED) is 0.860. The molecule has 1 saturated heterocycles. The van der Waals surface area contributed by atoms with E-state index < -0.39 is 0 Å². The number of aliphatic hydroxyl groups is 1. The van der Waals surface area contributed by atoms with Gasteiger partial charge in [0.2, 0.25) is 0 Å². The monoisotopic (exact) mass is 238 g/mol. The van der Waals surface area contributed by atoms with Gasteiger partial charge in [-0.1, -0.05) is 6.07 Å². The number of hydrogen-bond donors (Lipinski definition) is 1. The maximum atomic E-state index is 13.2. The van der Waals surface area contributed by atoms with Crippen molar-refractivity contribution in [3.05, 3.63) is 30.1 Å². The van der Waals surface area contributed by atoms with Crippen LogP contribution in [0.5, 0.6) is 0 Å². The molecule has 1 fully saturated rings. The summed E-state index contributed by atoms with van der Waals surface area (Å²) in [6.07, 6.45) is 0.896. The maximum absolute atomic E-state index is 13.2. The fourth-order valence-corrected chi connectivity index (χ4v) is 2.39. The zero-order valence-corrected chi connectivity index (χ0v) is 10.4. The predicted octanol–water partition coefficient (Wildman–Crippen LogP) is 1.33. The molecule has 1 aliphatic rings. The molecule has 4 heteroatoms. The Morgan fingerprint density at radius 2 is 2.24 bits per heavy atom. The lowest BCUT2D eigenvalue weighted by atomic mass is 9.99. The van der Waals surface area contributed by atoms with Crippen LogP contribution in [0.2, 0.25) is 0 Å². The van der Waals surface area contributed by atoms with Gasteiger partial charge in [-0.25, -0.2) is 4.39 Å². The van der Waals surface area contributed by atoms with Crippen molar-refractivity contribution in [2.75, 3.05) is 38.7 Å². The number of benzene rings is 1. The van der Waals surface area contributed by atoms with Crippen LogP contribution in [0, 0.1) is 5.82 Å². The fourth-order valence-electron chi connectivity index (χ4n) is 2.39. The van der Waals surface area contributed by atoms with Crippen molar-refractivity contribution in [2.24, 2.45) is 0 Å². The third-order valence-electron chi connectivity index (χ3n) is 3.75. The van der Waals surface area contributed by atoms with E-state index in [1.54, 1.807) is 12.1 Å². The Labute approximate surface area is 101 Å². The van der Waals surface area contributed by atoms with Gasteiger partial charge in [0.05, 0.1) is 12.1 Å². The Balaban J connectivity index is 2.17. The molecule has 0 radical (unpaired) electrons. The van der Waals surface area contributed by atoms with Gasteiger partial charge in [-0.2, -0.15) is 0 Å². The van der Waals surface area contributed by atoms with E-state index in [4.69, 9.17) is 0 Å². The number of nitrogens with zero attached hydrogens (tertiary/aromatic N) is 2. The average Bonchev–Trinajstić information content (AvgIpc) is 2.74. The first-order chi connectivity index (χ1) is 8.07. The van der Waals surface area contributed by atoms with E-state index >= 15 is 0 Å². The van der Waals surface area contributed by atoms with Crippen molar-refractivity contribution in [1.82, 2.24) is 4.90 Å². The highest BCUT2D eigenvalue weighted by Crippen LogP contribution is 2.30. The molecule has 1 aromatic rings. The highest BCUT2D eigenvalue weighted by Gasteiger charge is 2.39. The molecule has 1 aliphatic heterocycles. The highest BCUT2D eigenvalue weighted by atomic mass is 19.1. The van der Waals surface area contributed by atoms with Crippen LogP contribution in [-0.4, -0.2) is 49.3 Å². The normalized spacial score (nSPS) is 24.6. The van der Waals surface area contributed by atoms with Gasteiger partial charge in [-0.05, 0) is 38.7 Å². The van der Waals surface area contributed by atoms with Crippen LogP contribution in [0.25, 0.3) is 0 Å². The minimum absolute atomic E-state index is 0.131. The van der Waals surface area contributed by atoms with Gasteiger partial charge in [0.15, 0.2) is 0 Å². The number of hydrogen-bond acceptors (Lipinski definition) is 3. The molecule has 0 amide bonds. The molecule has 1 unspecified atom stereocenters. The van der Waals surface area contributed by atoms with Crippen molar-refractivity contribution in [1.29, 1.82) is 0 Å². The Morgan fingerprint density at radius 3 is 2.76 bits per heavy atom. The summed E-state index contributed by atoms with van der Waals surface area (Å²) in [5, 5.41) is 9.56. The van der Waals surface area contributed by atoms with Crippen molar-refractivity contribution in [3.8, 4) is 0 Å². The van der Waals surface area contributed by atoms with Gasteiger partial charge in [0.1, 0.15) is 5.82 Å². The summed E-state index contributed by atoms with van der Waals surface area (Å²) < 4.78 is 13.2. The smallest absolute Gasteiger partial charge is 0.125 e. The summed E-state index contributed by atoms with van der Waals surface area (Å²) in [6, 6.07) is 6.62. The fraction of sp³-hybridized carbons (Fsp3) is 0.538. The van der Waals surface area contributed by atoms with E-state index in [9.17, 15) is 9.50 Å². The first-order valence-electron chi connectivity index (χ1n) is 5.86. The summed E-state index contributed by atoms with van der Waals surface area (Å²) in [5.41, 5.74) is 0.689. The van der Waals surface area contributed by atoms with Gasteiger partial charge in [0, 0.05) is 18.8 Å². The molecule has 1 atom stereocenters. The lowest BCUT2D eigenvalue weighted by molar-refractivity contribution is 0.0867. The summed E-state index contributed by atoms with van der Waals surface area (Å²) in [4.78, 5) is 4.19. The molecule has 1 N–H and O–H groups in total. The van der Waals surface area contributed by atoms with Gasteiger partial charge in [-0.3, -0.25) is 4.90 Å². The topological polar surface area (TPSA) is 26.7 Å². The van der Waals surface area contributed by atoms with Gasteiger partial charge in [0.25, 0.3) is 0 Å². The van der Waals surface area contributed by atoms with E-state index in [0.717, 1.165) is 25.2 Å². The molecule has 0 aromatic heterocycles. The molecule has 1 heterocycles. The molecule has 2 rings (SSSR count). The van der Waals surface area contributed by atoms with Gasteiger partial charge in [-0.15, -0.1) is 0 Å². The van der Waals surface area contributed by atoms with Crippen molar-refractivity contribution >= 4 is 5.69 Å². The Morgan fingerprint density at radius 1 is 1.47 bits per heavy atom. The SMILES string of the molecule is CN(C)C1(CO)CCN(c2cccc(F)c2)C1. The van der Waals surface area contributed by atoms with E-state index in [1.807, 2.05) is 20.2 Å². The second-order valence-electron chi connectivity index (χ2n) is 4.93. The second kappa shape index (κ2) is 4.63. The van der Waals surface area contributed by atoms with Crippen LogP contribution in [0.3, 0.4) is 0 Å². The lowest BCUT2D eigenvalue weighted by Crippen LogP contribution is -2.49.